The summed E-state index contributed by atoms with van der Waals surface area (Å²) >= 11 is 6.61. The van der Waals surface area contributed by atoms with Gasteiger partial charge in [-0.25, -0.2) is 21.8 Å². The average Bonchev–Trinajstić information content (AvgIpc) is 3.33. The molecule has 1 aliphatic rings. The lowest BCUT2D eigenvalue weighted by molar-refractivity contribution is 0.174. The van der Waals surface area contributed by atoms with Gasteiger partial charge in [0.1, 0.15) is 5.00 Å². The second kappa shape index (κ2) is 7.73. The van der Waals surface area contributed by atoms with Crippen LogP contribution < -0.4 is 14.8 Å². The van der Waals surface area contributed by atoms with Gasteiger partial charge >= 0.3 is 0 Å². The van der Waals surface area contributed by atoms with Crippen molar-refractivity contribution in [3.8, 4) is 11.5 Å². The number of nitrogens with zero attached hydrogens (tertiary/aromatic N) is 1. The maximum Gasteiger partial charge on any atom is 0.231 e. The molecule has 0 fully saturated rings. The Hall–Kier alpha value is -2.34. The van der Waals surface area contributed by atoms with E-state index >= 15 is 0 Å². The van der Waals surface area contributed by atoms with Crippen molar-refractivity contribution in [3.05, 3.63) is 53.1 Å². The minimum absolute atomic E-state index is 0.0385. The summed E-state index contributed by atoms with van der Waals surface area (Å²) in [5, 5.41) is 3.15. The van der Waals surface area contributed by atoms with Crippen LogP contribution in [-0.4, -0.2) is 34.9 Å². The quantitative estimate of drug-likeness (QED) is 0.564. The van der Waals surface area contributed by atoms with Crippen LogP contribution in [0.2, 0.25) is 5.02 Å². The van der Waals surface area contributed by atoms with E-state index in [9.17, 15) is 16.8 Å². The summed E-state index contributed by atoms with van der Waals surface area (Å²) in [6.45, 7) is 0.368. The highest BCUT2D eigenvalue weighted by atomic mass is 35.5. The van der Waals surface area contributed by atoms with Crippen molar-refractivity contribution in [1.82, 2.24) is 4.98 Å². The van der Waals surface area contributed by atoms with Gasteiger partial charge in [-0.15, -0.1) is 0 Å². The summed E-state index contributed by atoms with van der Waals surface area (Å²) in [5.74, 6) is 1.21. The zero-order chi connectivity index (χ0) is 21.5. The molecule has 4 rings (SSSR count). The summed E-state index contributed by atoms with van der Waals surface area (Å²) in [4.78, 5) is 3.89. The van der Waals surface area contributed by atoms with Crippen LogP contribution in [0.3, 0.4) is 0 Å². The van der Waals surface area contributed by atoms with E-state index in [1.165, 1.54) is 24.3 Å². The molecule has 3 aromatic rings. The number of sulfone groups is 2. The first kappa shape index (κ1) is 20.9. The van der Waals surface area contributed by atoms with E-state index in [0.717, 1.165) is 23.2 Å². The Kier molecular flexibility index (Phi) is 5.39. The van der Waals surface area contributed by atoms with Crippen molar-refractivity contribution in [2.45, 2.75) is 20.8 Å². The first-order chi connectivity index (χ1) is 14.1. The van der Waals surface area contributed by atoms with Crippen LogP contribution in [0.15, 0.2) is 56.7 Å². The zero-order valence-corrected chi connectivity index (χ0v) is 18.7. The lowest BCUT2D eigenvalue weighted by Crippen LogP contribution is -2.07. The third-order valence-corrected chi connectivity index (χ3v) is 8.93. The Morgan fingerprint density at radius 2 is 1.77 bits per heavy atom. The minimum Gasteiger partial charge on any atom is -0.454 e. The molecule has 0 amide bonds. The maximum absolute atomic E-state index is 13.1. The molecule has 2 heterocycles. The predicted octanol–water partition coefficient (Wildman–Crippen LogP) is 3.37. The largest absolute Gasteiger partial charge is 0.454 e. The summed E-state index contributed by atoms with van der Waals surface area (Å²) in [6.07, 6.45) is 0.978. The van der Waals surface area contributed by atoms with Gasteiger partial charge in [-0.05, 0) is 42.0 Å². The van der Waals surface area contributed by atoms with Crippen molar-refractivity contribution in [2.75, 3.05) is 18.4 Å². The fraction of sp³-hybridized carbons (Fsp3) is 0.167. The predicted molar refractivity (Wildman–Crippen MR) is 112 cm³/mol. The van der Waals surface area contributed by atoms with Crippen LogP contribution in [0.25, 0.3) is 0 Å². The Morgan fingerprint density at radius 1 is 1.07 bits per heavy atom. The number of ether oxygens (including phenoxy) is 2. The molecule has 0 atom stereocenters. The van der Waals surface area contributed by atoms with Crippen LogP contribution in [0, 0.1) is 0 Å². The fourth-order valence-corrected chi connectivity index (χ4v) is 6.34. The third kappa shape index (κ3) is 4.10. The first-order valence-corrected chi connectivity index (χ1v) is 13.1. The highest BCUT2D eigenvalue weighted by molar-refractivity contribution is 7.93. The SMILES string of the molecule is CS(=O)(=O)c1nc(S(=O)(=O)c2ccc(Cl)cc2)c(NCc2ccc3c(c2)OCO3)s1. The molecule has 0 saturated heterocycles. The second-order valence-electron chi connectivity index (χ2n) is 6.38. The van der Waals surface area contributed by atoms with Gasteiger partial charge in [0.15, 0.2) is 16.5 Å². The maximum atomic E-state index is 13.1. The molecule has 0 saturated carbocycles. The van der Waals surface area contributed by atoms with Crippen molar-refractivity contribution in [2.24, 2.45) is 0 Å². The molecule has 158 valence electrons. The third-order valence-electron chi connectivity index (χ3n) is 4.16. The standard InChI is InChI=1S/C18H15ClN2O6S3/c1-29(22,23)18-21-17(30(24,25)13-5-3-12(19)4-6-13)16(28-18)20-9-11-2-7-14-15(8-11)27-10-26-14/h2-8,20H,9-10H2,1H3. The highest BCUT2D eigenvalue weighted by Gasteiger charge is 2.29. The Labute approximate surface area is 182 Å². The molecule has 0 radical (unpaired) electrons. The smallest absolute Gasteiger partial charge is 0.231 e. The summed E-state index contributed by atoms with van der Waals surface area (Å²) in [5.41, 5.74) is 0.795. The Morgan fingerprint density at radius 3 is 2.47 bits per heavy atom. The van der Waals surface area contributed by atoms with Crippen molar-refractivity contribution < 1.29 is 26.3 Å². The molecule has 8 nitrogen and oxygen atoms in total. The first-order valence-electron chi connectivity index (χ1n) is 8.48. The van der Waals surface area contributed by atoms with Crippen molar-refractivity contribution >= 4 is 47.6 Å². The van der Waals surface area contributed by atoms with E-state index in [1.807, 2.05) is 0 Å². The van der Waals surface area contributed by atoms with Crippen LogP contribution in [0.5, 0.6) is 11.5 Å². The lowest BCUT2D eigenvalue weighted by Gasteiger charge is -2.08. The van der Waals surface area contributed by atoms with E-state index in [1.54, 1.807) is 18.2 Å². The number of benzene rings is 2. The van der Waals surface area contributed by atoms with Gasteiger partial charge in [0.05, 0.1) is 4.90 Å². The van der Waals surface area contributed by atoms with Gasteiger partial charge in [-0.1, -0.05) is 29.0 Å². The summed E-state index contributed by atoms with van der Waals surface area (Å²) in [7, 11) is -7.77. The van der Waals surface area contributed by atoms with Gasteiger partial charge < -0.3 is 14.8 Å². The number of hydrogen-bond donors (Lipinski definition) is 1. The number of fused-ring (bicyclic) bond motifs is 1. The molecular formula is C18H15ClN2O6S3. The van der Waals surface area contributed by atoms with Gasteiger partial charge in [-0.3, -0.25) is 0 Å². The normalized spacial score (nSPS) is 13.4. The fourth-order valence-electron chi connectivity index (χ4n) is 2.70. The van der Waals surface area contributed by atoms with Crippen molar-refractivity contribution in [3.63, 3.8) is 0 Å². The molecule has 1 aromatic heterocycles. The Balaban J connectivity index is 1.70. The average molecular weight is 487 g/mol. The summed E-state index contributed by atoms with van der Waals surface area (Å²) < 4.78 is 60.5. The number of hydrogen-bond acceptors (Lipinski definition) is 9. The molecule has 1 N–H and O–H groups in total. The van der Waals surface area contributed by atoms with Crippen LogP contribution in [0.1, 0.15) is 5.56 Å². The van der Waals surface area contributed by atoms with E-state index < -0.39 is 19.7 Å². The van der Waals surface area contributed by atoms with E-state index in [-0.39, 0.29) is 32.6 Å². The number of anilines is 1. The van der Waals surface area contributed by atoms with E-state index in [4.69, 9.17) is 21.1 Å². The number of halogens is 1. The van der Waals surface area contributed by atoms with Crippen molar-refractivity contribution in [1.29, 1.82) is 0 Å². The lowest BCUT2D eigenvalue weighted by atomic mass is 10.2. The Bertz CT molecular complexity index is 1320. The van der Waals surface area contributed by atoms with E-state index in [2.05, 4.69) is 10.3 Å². The number of thiazole rings is 1. The minimum atomic E-state index is -4.07. The van der Waals surface area contributed by atoms with Gasteiger partial charge in [-0.2, -0.15) is 0 Å². The second-order valence-corrected chi connectivity index (χ2v) is 11.9. The molecule has 12 heteroatoms. The van der Waals surface area contributed by atoms with E-state index in [0.29, 0.717) is 16.5 Å². The molecule has 0 aliphatic carbocycles. The number of nitrogens with one attached hydrogen (secondary N) is 1. The summed E-state index contributed by atoms with van der Waals surface area (Å²) in [6, 6.07) is 10.9. The monoisotopic (exact) mass is 486 g/mol. The molecule has 2 aromatic carbocycles. The molecule has 0 spiro atoms. The molecular weight excluding hydrogens is 472 g/mol. The molecule has 0 unspecified atom stereocenters. The number of rotatable bonds is 6. The van der Waals surface area contributed by atoms with Gasteiger partial charge in [0, 0.05) is 17.8 Å². The number of aromatic nitrogens is 1. The highest BCUT2D eigenvalue weighted by Crippen LogP contribution is 2.36. The van der Waals surface area contributed by atoms with Crippen LogP contribution in [0.4, 0.5) is 5.00 Å². The molecule has 0 bridgehead atoms. The van der Waals surface area contributed by atoms with Gasteiger partial charge in [0.25, 0.3) is 0 Å². The molecule has 1 aliphatic heterocycles. The topological polar surface area (TPSA) is 112 Å². The molecule has 30 heavy (non-hydrogen) atoms. The van der Waals surface area contributed by atoms with Crippen LogP contribution >= 0.6 is 22.9 Å². The zero-order valence-electron chi connectivity index (χ0n) is 15.5. The van der Waals surface area contributed by atoms with Crippen LogP contribution in [-0.2, 0) is 26.2 Å². The van der Waals surface area contributed by atoms with Gasteiger partial charge in [0.2, 0.25) is 30.8 Å².